The first kappa shape index (κ1) is 11.5. The highest BCUT2D eigenvalue weighted by atomic mass is 79.9. The van der Waals surface area contributed by atoms with E-state index in [1.165, 1.54) is 4.88 Å². The zero-order valence-corrected chi connectivity index (χ0v) is 10.7. The second kappa shape index (κ2) is 5.41. The molecule has 0 aromatic carbocycles. The van der Waals surface area contributed by atoms with Gasteiger partial charge in [0.2, 0.25) is 0 Å². The number of halogens is 1. The molecule has 0 saturated carbocycles. The average Bonchev–Trinajstić information content (AvgIpc) is 2.79. The quantitative estimate of drug-likeness (QED) is 0.924. The highest BCUT2D eigenvalue weighted by Gasteiger charge is 2.20. The van der Waals surface area contributed by atoms with Gasteiger partial charge in [-0.1, -0.05) is 0 Å². The van der Waals surface area contributed by atoms with E-state index in [0.29, 0.717) is 13.2 Å². The Morgan fingerprint density at radius 3 is 2.87 bits per heavy atom. The largest absolute Gasteiger partial charge is 0.350 e. The molecular formula is C10H14BrNO2S. The fraction of sp³-hybridized carbons (Fsp3) is 0.600. The Balaban J connectivity index is 1.81. The van der Waals surface area contributed by atoms with Crippen molar-refractivity contribution in [3.05, 3.63) is 20.8 Å². The molecule has 1 saturated heterocycles. The van der Waals surface area contributed by atoms with Gasteiger partial charge in [0.05, 0.1) is 13.2 Å². The topological polar surface area (TPSA) is 44.5 Å². The summed E-state index contributed by atoms with van der Waals surface area (Å²) in [6.45, 7) is 1.39. The van der Waals surface area contributed by atoms with Crippen LogP contribution in [0, 0.1) is 0 Å². The first-order valence-electron chi connectivity index (χ1n) is 4.96. The Hall–Kier alpha value is 0.0600. The Morgan fingerprint density at radius 1 is 1.53 bits per heavy atom. The molecule has 1 atom stereocenters. The molecular weight excluding hydrogens is 278 g/mol. The lowest BCUT2D eigenvalue weighted by molar-refractivity contribution is -0.0504. The lowest BCUT2D eigenvalue weighted by Gasteiger charge is -2.15. The molecule has 1 aromatic heterocycles. The predicted octanol–water partition coefficient (Wildman–Crippen LogP) is 2.14. The van der Waals surface area contributed by atoms with Gasteiger partial charge in [-0.05, 0) is 33.8 Å². The average molecular weight is 292 g/mol. The highest BCUT2D eigenvalue weighted by molar-refractivity contribution is 9.10. The minimum Gasteiger partial charge on any atom is -0.350 e. The van der Waals surface area contributed by atoms with E-state index in [0.717, 1.165) is 17.3 Å². The summed E-state index contributed by atoms with van der Waals surface area (Å²) in [6, 6.07) is 2.15. The first-order valence-corrected chi connectivity index (χ1v) is 6.63. The number of ether oxygens (including phenoxy) is 2. The molecule has 2 N–H and O–H groups in total. The third-order valence-electron chi connectivity index (χ3n) is 2.32. The van der Waals surface area contributed by atoms with E-state index in [1.54, 1.807) is 11.3 Å². The van der Waals surface area contributed by atoms with Gasteiger partial charge in [0.1, 0.15) is 0 Å². The number of nitrogens with two attached hydrogens (primary N) is 1. The maximum atomic E-state index is 6.04. The third-order valence-corrected chi connectivity index (χ3v) is 4.27. The van der Waals surface area contributed by atoms with E-state index in [9.17, 15) is 0 Å². The van der Waals surface area contributed by atoms with Gasteiger partial charge in [-0.25, -0.2) is 0 Å². The molecule has 84 valence electrons. The molecule has 3 nitrogen and oxygen atoms in total. The summed E-state index contributed by atoms with van der Waals surface area (Å²) in [6.07, 6.45) is 1.55. The zero-order chi connectivity index (χ0) is 10.7. The lowest BCUT2D eigenvalue weighted by Crippen LogP contribution is -2.28. The van der Waals surface area contributed by atoms with Gasteiger partial charge in [0.15, 0.2) is 6.29 Å². The van der Waals surface area contributed by atoms with Crippen molar-refractivity contribution < 1.29 is 9.47 Å². The Morgan fingerprint density at radius 2 is 2.27 bits per heavy atom. The molecule has 1 aromatic rings. The number of rotatable bonds is 4. The van der Waals surface area contributed by atoms with E-state index in [2.05, 4.69) is 27.4 Å². The fourth-order valence-corrected chi connectivity index (χ4v) is 3.19. The molecule has 15 heavy (non-hydrogen) atoms. The van der Waals surface area contributed by atoms with E-state index in [1.807, 2.05) is 0 Å². The SMILES string of the molecule is NC(Cc1sccc1Br)CC1OCCO1. The molecule has 0 aliphatic carbocycles. The van der Waals surface area contributed by atoms with Crippen LogP contribution in [-0.2, 0) is 15.9 Å². The van der Waals surface area contributed by atoms with Gasteiger partial charge in [-0.3, -0.25) is 0 Å². The summed E-state index contributed by atoms with van der Waals surface area (Å²) in [4.78, 5) is 1.29. The first-order chi connectivity index (χ1) is 7.25. The minimum absolute atomic E-state index is 0.0984. The van der Waals surface area contributed by atoms with Crippen molar-refractivity contribution in [3.63, 3.8) is 0 Å². The maximum Gasteiger partial charge on any atom is 0.159 e. The van der Waals surface area contributed by atoms with E-state index in [-0.39, 0.29) is 12.3 Å². The van der Waals surface area contributed by atoms with Crippen molar-refractivity contribution >= 4 is 27.3 Å². The Bertz CT molecular complexity index is 312. The lowest BCUT2D eigenvalue weighted by atomic mass is 10.1. The van der Waals surface area contributed by atoms with Gasteiger partial charge in [0, 0.05) is 21.8 Å². The molecule has 0 radical (unpaired) electrons. The summed E-state index contributed by atoms with van der Waals surface area (Å²) < 4.78 is 11.9. The van der Waals surface area contributed by atoms with Crippen LogP contribution in [0.3, 0.4) is 0 Å². The fourth-order valence-electron chi connectivity index (χ4n) is 1.58. The van der Waals surface area contributed by atoms with Crippen LogP contribution in [0.25, 0.3) is 0 Å². The molecule has 1 unspecified atom stereocenters. The Kier molecular flexibility index (Phi) is 4.16. The van der Waals surface area contributed by atoms with Crippen LogP contribution in [0.2, 0.25) is 0 Å². The Labute approximate surface area is 102 Å². The van der Waals surface area contributed by atoms with Gasteiger partial charge in [-0.2, -0.15) is 0 Å². The van der Waals surface area contributed by atoms with Crippen LogP contribution >= 0.6 is 27.3 Å². The molecule has 5 heteroatoms. The van der Waals surface area contributed by atoms with Crippen molar-refractivity contribution in [2.24, 2.45) is 5.73 Å². The van der Waals surface area contributed by atoms with Crippen molar-refractivity contribution in [2.45, 2.75) is 25.2 Å². The maximum absolute atomic E-state index is 6.04. The van der Waals surface area contributed by atoms with E-state index in [4.69, 9.17) is 15.2 Å². The predicted molar refractivity (Wildman–Crippen MR) is 64.0 cm³/mol. The summed E-state index contributed by atoms with van der Waals surface area (Å²) >= 11 is 5.23. The molecule has 0 spiro atoms. The summed E-state index contributed by atoms with van der Waals surface area (Å²) in [5, 5.41) is 2.06. The van der Waals surface area contributed by atoms with Crippen LogP contribution in [0.5, 0.6) is 0 Å². The zero-order valence-electron chi connectivity index (χ0n) is 8.32. The second-order valence-corrected chi connectivity index (χ2v) is 5.42. The summed E-state index contributed by atoms with van der Waals surface area (Å²) in [5.74, 6) is 0. The second-order valence-electron chi connectivity index (χ2n) is 3.56. The normalized spacial score (nSPS) is 19.6. The molecule has 0 bridgehead atoms. The molecule has 2 rings (SSSR count). The van der Waals surface area contributed by atoms with E-state index >= 15 is 0 Å². The number of thiophene rings is 1. The highest BCUT2D eigenvalue weighted by Crippen LogP contribution is 2.24. The molecule has 1 fully saturated rings. The van der Waals surface area contributed by atoms with E-state index < -0.39 is 0 Å². The van der Waals surface area contributed by atoms with Crippen LogP contribution in [0.15, 0.2) is 15.9 Å². The minimum atomic E-state index is -0.0984. The standard InChI is InChI=1S/C10H14BrNO2S/c11-8-1-4-15-9(8)5-7(12)6-10-13-2-3-14-10/h1,4,7,10H,2-3,5-6,12H2. The van der Waals surface area contributed by atoms with Gasteiger partial charge < -0.3 is 15.2 Å². The summed E-state index contributed by atoms with van der Waals surface area (Å²) in [7, 11) is 0. The van der Waals surface area contributed by atoms with Crippen LogP contribution in [0.4, 0.5) is 0 Å². The van der Waals surface area contributed by atoms with Crippen LogP contribution in [-0.4, -0.2) is 25.5 Å². The van der Waals surface area contributed by atoms with Crippen molar-refractivity contribution in [3.8, 4) is 0 Å². The van der Waals surface area contributed by atoms with Crippen molar-refractivity contribution in [1.82, 2.24) is 0 Å². The smallest absolute Gasteiger partial charge is 0.159 e. The number of hydrogen-bond acceptors (Lipinski definition) is 4. The van der Waals surface area contributed by atoms with Gasteiger partial charge in [-0.15, -0.1) is 11.3 Å². The van der Waals surface area contributed by atoms with Crippen molar-refractivity contribution in [1.29, 1.82) is 0 Å². The molecule has 0 amide bonds. The van der Waals surface area contributed by atoms with Gasteiger partial charge >= 0.3 is 0 Å². The van der Waals surface area contributed by atoms with Crippen molar-refractivity contribution in [2.75, 3.05) is 13.2 Å². The van der Waals surface area contributed by atoms with Crippen LogP contribution in [0.1, 0.15) is 11.3 Å². The molecule has 1 aliphatic rings. The molecule has 1 aliphatic heterocycles. The van der Waals surface area contributed by atoms with Crippen LogP contribution < -0.4 is 5.73 Å². The summed E-state index contributed by atoms with van der Waals surface area (Å²) in [5.41, 5.74) is 6.04. The number of hydrogen-bond donors (Lipinski definition) is 1. The monoisotopic (exact) mass is 291 g/mol. The van der Waals surface area contributed by atoms with Gasteiger partial charge in [0.25, 0.3) is 0 Å². The molecule has 2 heterocycles. The third kappa shape index (κ3) is 3.26.